The third kappa shape index (κ3) is 2.23. The van der Waals surface area contributed by atoms with Gasteiger partial charge in [-0.3, -0.25) is 4.79 Å². The minimum absolute atomic E-state index is 0.0101. The Bertz CT molecular complexity index is 930. The van der Waals surface area contributed by atoms with E-state index >= 15 is 0 Å². The van der Waals surface area contributed by atoms with Gasteiger partial charge in [-0.15, -0.1) is 0 Å². The number of carbonyl (C=O) groups excluding carboxylic acids is 1. The van der Waals surface area contributed by atoms with Crippen LogP contribution in [0.15, 0.2) is 58.5 Å². The quantitative estimate of drug-likeness (QED) is 0.544. The number of hydrogen-bond acceptors (Lipinski definition) is 5. The summed E-state index contributed by atoms with van der Waals surface area (Å²) < 4.78 is 44.7. The molecule has 0 radical (unpaired) electrons. The van der Waals surface area contributed by atoms with Gasteiger partial charge in [-0.2, -0.15) is 12.8 Å². The molecule has 0 unspecified atom stereocenters. The van der Waals surface area contributed by atoms with Crippen molar-refractivity contribution in [1.29, 1.82) is 0 Å². The van der Waals surface area contributed by atoms with Crippen molar-refractivity contribution in [3.05, 3.63) is 60.5 Å². The predicted molar refractivity (Wildman–Crippen MR) is 74.3 cm³/mol. The minimum Gasteiger partial charge on any atom is -0.451 e. The topological polar surface area (TPSA) is 82.2 Å². The van der Waals surface area contributed by atoms with E-state index in [9.17, 15) is 17.6 Å². The van der Waals surface area contributed by atoms with E-state index in [-0.39, 0.29) is 21.9 Å². The van der Waals surface area contributed by atoms with E-state index in [0.29, 0.717) is 6.29 Å². The van der Waals surface area contributed by atoms with Gasteiger partial charge >= 0.3 is 10.0 Å². The molecule has 0 amide bonds. The molecule has 112 valence electrons. The molecule has 0 saturated carbocycles. The van der Waals surface area contributed by atoms with Crippen LogP contribution in [0.25, 0.3) is 11.3 Å². The van der Waals surface area contributed by atoms with Gasteiger partial charge in [-0.1, -0.05) is 0 Å². The van der Waals surface area contributed by atoms with Crippen molar-refractivity contribution in [2.45, 2.75) is 5.09 Å². The summed E-state index contributed by atoms with van der Waals surface area (Å²) in [6.07, 6.45) is 4.04. The lowest BCUT2D eigenvalue weighted by molar-refractivity contribution is 0.112. The van der Waals surface area contributed by atoms with Gasteiger partial charge < -0.3 is 4.42 Å². The lowest BCUT2D eigenvalue weighted by Crippen LogP contribution is -2.13. The average molecular weight is 320 g/mol. The summed E-state index contributed by atoms with van der Waals surface area (Å²) >= 11 is 0. The molecule has 6 nitrogen and oxygen atoms in total. The van der Waals surface area contributed by atoms with E-state index in [1.165, 1.54) is 42.8 Å². The molecule has 3 aromatic rings. The second kappa shape index (κ2) is 5.23. The van der Waals surface area contributed by atoms with Crippen molar-refractivity contribution in [2.24, 2.45) is 0 Å². The molecule has 0 aliphatic heterocycles. The third-order valence-electron chi connectivity index (χ3n) is 2.99. The maximum Gasteiger partial charge on any atom is 0.301 e. The molecule has 0 saturated heterocycles. The summed E-state index contributed by atoms with van der Waals surface area (Å²) in [4.78, 5) is 14.5. The third-order valence-corrected chi connectivity index (χ3v) is 4.55. The molecular formula is C14H9FN2O4S. The van der Waals surface area contributed by atoms with Gasteiger partial charge in [0.25, 0.3) is 0 Å². The highest BCUT2D eigenvalue weighted by Crippen LogP contribution is 2.27. The second-order valence-corrected chi connectivity index (χ2v) is 6.10. The molecule has 22 heavy (non-hydrogen) atoms. The van der Waals surface area contributed by atoms with Gasteiger partial charge in [0, 0.05) is 18.0 Å². The summed E-state index contributed by atoms with van der Waals surface area (Å²) in [7, 11) is -4.08. The summed E-state index contributed by atoms with van der Waals surface area (Å²) in [5.74, 6) is -0.839. The largest absolute Gasteiger partial charge is 0.451 e. The average Bonchev–Trinajstić information content (AvgIpc) is 3.18. The molecule has 3 rings (SSSR count). The Morgan fingerprint density at radius 2 is 2.09 bits per heavy atom. The Kier molecular flexibility index (Phi) is 3.38. The maximum atomic E-state index is 13.9. The lowest BCUT2D eigenvalue weighted by Gasteiger charge is -2.08. The number of furan rings is 1. The zero-order valence-electron chi connectivity index (χ0n) is 11.0. The summed E-state index contributed by atoms with van der Waals surface area (Å²) in [5.41, 5.74) is 0.0446. The molecule has 0 aliphatic rings. The normalized spacial score (nSPS) is 11.5. The van der Waals surface area contributed by atoms with E-state index in [0.717, 1.165) is 10.2 Å². The van der Waals surface area contributed by atoms with E-state index in [4.69, 9.17) is 4.42 Å². The van der Waals surface area contributed by atoms with Crippen LogP contribution in [0.3, 0.4) is 0 Å². The van der Waals surface area contributed by atoms with Crippen LogP contribution in [0.4, 0.5) is 4.39 Å². The fourth-order valence-electron chi connectivity index (χ4n) is 2.01. The standard InChI is InChI=1S/C14H9FN2O4S/c15-14-11(3-1-5-16-14)12-7-10(9-18)8-17(12)22(19,20)13-4-2-6-21-13/h1-9H. The first kappa shape index (κ1) is 14.2. The van der Waals surface area contributed by atoms with Crippen molar-refractivity contribution in [3.63, 3.8) is 0 Å². The van der Waals surface area contributed by atoms with Crippen LogP contribution in [0, 0.1) is 5.95 Å². The molecule has 3 aromatic heterocycles. The van der Waals surface area contributed by atoms with Gasteiger partial charge in [-0.25, -0.2) is 8.96 Å². The van der Waals surface area contributed by atoms with Crippen LogP contribution in [0.5, 0.6) is 0 Å². The van der Waals surface area contributed by atoms with Gasteiger partial charge in [0.05, 0.1) is 17.5 Å². The first-order chi connectivity index (χ1) is 10.5. The number of halogens is 1. The predicted octanol–water partition coefficient (Wildman–Crippen LogP) is 2.33. The monoisotopic (exact) mass is 320 g/mol. The molecule has 0 aromatic carbocycles. The van der Waals surface area contributed by atoms with Crippen LogP contribution >= 0.6 is 0 Å². The van der Waals surface area contributed by atoms with Gasteiger partial charge in [0.15, 0.2) is 6.29 Å². The summed E-state index contributed by atoms with van der Waals surface area (Å²) in [6, 6.07) is 6.80. The molecule has 3 heterocycles. The van der Waals surface area contributed by atoms with E-state index < -0.39 is 16.0 Å². The lowest BCUT2D eigenvalue weighted by atomic mass is 10.2. The molecule has 0 N–H and O–H groups in total. The Balaban J connectivity index is 2.28. The van der Waals surface area contributed by atoms with Crippen LogP contribution in [-0.2, 0) is 10.0 Å². The van der Waals surface area contributed by atoms with Crippen LogP contribution in [0.2, 0.25) is 0 Å². The van der Waals surface area contributed by atoms with Crippen molar-refractivity contribution >= 4 is 16.3 Å². The van der Waals surface area contributed by atoms with E-state index in [2.05, 4.69) is 4.98 Å². The number of hydrogen-bond donors (Lipinski definition) is 0. The van der Waals surface area contributed by atoms with E-state index in [1.807, 2.05) is 0 Å². The molecule has 0 spiro atoms. The number of aromatic nitrogens is 2. The Morgan fingerprint density at radius 3 is 2.73 bits per heavy atom. The molecule has 0 bridgehead atoms. The number of rotatable bonds is 4. The highest BCUT2D eigenvalue weighted by Gasteiger charge is 2.25. The summed E-state index contributed by atoms with van der Waals surface area (Å²) in [6.45, 7) is 0. The number of pyridine rings is 1. The minimum atomic E-state index is -4.08. The Morgan fingerprint density at radius 1 is 1.27 bits per heavy atom. The fraction of sp³-hybridized carbons (Fsp3) is 0. The second-order valence-electron chi connectivity index (χ2n) is 4.35. The van der Waals surface area contributed by atoms with Crippen molar-refractivity contribution < 1.29 is 22.0 Å². The van der Waals surface area contributed by atoms with E-state index in [1.54, 1.807) is 0 Å². The fourth-order valence-corrected chi connectivity index (χ4v) is 3.30. The highest BCUT2D eigenvalue weighted by atomic mass is 32.2. The zero-order chi connectivity index (χ0) is 15.7. The molecular weight excluding hydrogens is 311 g/mol. The first-order valence-electron chi connectivity index (χ1n) is 6.11. The molecule has 8 heteroatoms. The van der Waals surface area contributed by atoms with Crippen LogP contribution < -0.4 is 0 Å². The molecule has 0 atom stereocenters. The van der Waals surface area contributed by atoms with Crippen LogP contribution in [-0.4, -0.2) is 23.7 Å². The van der Waals surface area contributed by atoms with Crippen molar-refractivity contribution in [2.75, 3.05) is 0 Å². The SMILES string of the molecule is O=Cc1cc(-c2cccnc2F)n(S(=O)(=O)c2ccco2)c1. The highest BCUT2D eigenvalue weighted by molar-refractivity contribution is 7.89. The van der Waals surface area contributed by atoms with Crippen molar-refractivity contribution in [3.8, 4) is 11.3 Å². The van der Waals surface area contributed by atoms with Gasteiger partial charge in [-0.05, 0) is 30.3 Å². The number of carbonyl (C=O) groups is 1. The Hall–Kier alpha value is -2.74. The maximum absolute atomic E-state index is 13.9. The number of aldehydes is 1. The van der Waals surface area contributed by atoms with Gasteiger partial charge in [0.2, 0.25) is 11.0 Å². The number of nitrogens with zero attached hydrogens (tertiary/aromatic N) is 2. The van der Waals surface area contributed by atoms with Crippen molar-refractivity contribution in [1.82, 2.24) is 8.96 Å². The smallest absolute Gasteiger partial charge is 0.301 e. The summed E-state index contributed by atoms with van der Waals surface area (Å²) in [5, 5.41) is -0.314. The zero-order valence-corrected chi connectivity index (χ0v) is 11.8. The molecule has 0 aliphatic carbocycles. The van der Waals surface area contributed by atoms with Gasteiger partial charge in [0.1, 0.15) is 0 Å². The first-order valence-corrected chi connectivity index (χ1v) is 7.55. The Labute approximate surface area is 124 Å². The molecule has 0 fully saturated rings. The van der Waals surface area contributed by atoms with Crippen LogP contribution in [0.1, 0.15) is 10.4 Å².